The third kappa shape index (κ3) is 3.95. The number of amides is 1. The Balaban J connectivity index is 1.82. The fraction of sp³-hybridized carbons (Fsp3) is 0.321. The maximum atomic E-state index is 15.5. The van der Waals surface area contributed by atoms with E-state index in [9.17, 15) is 22.8 Å². The summed E-state index contributed by atoms with van der Waals surface area (Å²) in [6, 6.07) is 12.7. The Bertz CT molecular complexity index is 1750. The lowest BCUT2D eigenvalue weighted by atomic mass is 9.66. The number of hydrogen-bond acceptors (Lipinski definition) is 5. The molecule has 1 aliphatic carbocycles. The number of sulfone groups is 1. The van der Waals surface area contributed by atoms with Gasteiger partial charge in [0.05, 0.1) is 16.1 Å². The van der Waals surface area contributed by atoms with E-state index in [4.69, 9.17) is 0 Å². The first kappa shape index (κ1) is 27.6. The van der Waals surface area contributed by atoms with Crippen LogP contribution in [0.3, 0.4) is 0 Å². The summed E-state index contributed by atoms with van der Waals surface area (Å²) in [7, 11) is -3.57. The van der Waals surface area contributed by atoms with Gasteiger partial charge < -0.3 is 0 Å². The van der Waals surface area contributed by atoms with Crippen LogP contribution in [0.5, 0.6) is 0 Å². The van der Waals surface area contributed by atoms with Gasteiger partial charge in [-0.15, -0.1) is 0 Å². The van der Waals surface area contributed by atoms with Gasteiger partial charge in [0.15, 0.2) is 15.6 Å². The number of aromatic nitrogens is 2. The molecule has 1 aromatic heterocycles. The van der Waals surface area contributed by atoms with Crippen molar-refractivity contribution < 1.29 is 31.2 Å². The molecular formula is C28H26F3N3O5S. The van der Waals surface area contributed by atoms with Gasteiger partial charge in [0.2, 0.25) is 5.41 Å². The Morgan fingerprint density at radius 1 is 0.900 bits per heavy atom. The average Bonchev–Trinajstić information content (AvgIpc) is 3.28. The lowest BCUT2D eigenvalue weighted by Crippen LogP contribution is -2.55. The van der Waals surface area contributed by atoms with Gasteiger partial charge in [-0.25, -0.2) is 13.1 Å². The zero-order chi connectivity index (χ0) is 29.4. The van der Waals surface area contributed by atoms with E-state index in [1.165, 1.54) is 43.3 Å². The molecule has 0 radical (unpaired) electrons. The van der Waals surface area contributed by atoms with Crippen LogP contribution in [0.15, 0.2) is 75.6 Å². The maximum absolute atomic E-state index is 15.5. The number of rotatable bonds is 4. The van der Waals surface area contributed by atoms with Crippen LogP contribution in [-0.2, 0) is 24.8 Å². The number of nitrogens with one attached hydrogen (secondary N) is 1. The van der Waals surface area contributed by atoms with E-state index in [0.717, 1.165) is 15.8 Å². The SMILES string of the molecule is Cc1[nH]n(-c2ccc(S(C)(=O)=O)cc2)c(=O)c1C1(C(F)(F)F)C(=O)N(c2ccccc2)C2=C1C(=O)CC(C)(C)C2. The number of benzene rings is 2. The number of hydrogen-bond donors (Lipinski definition) is 1. The number of aromatic amines is 1. The molecule has 1 aliphatic heterocycles. The van der Waals surface area contributed by atoms with Gasteiger partial charge in [-0.05, 0) is 55.2 Å². The first-order valence-corrected chi connectivity index (χ1v) is 14.3. The van der Waals surface area contributed by atoms with Gasteiger partial charge in [0.1, 0.15) is 0 Å². The third-order valence-corrected chi connectivity index (χ3v) is 8.56. The smallest absolute Gasteiger partial charge is 0.295 e. The summed E-state index contributed by atoms with van der Waals surface area (Å²) >= 11 is 0. The summed E-state index contributed by atoms with van der Waals surface area (Å²) in [5, 5.41) is 2.61. The number of aryl methyl sites for hydroxylation is 1. The van der Waals surface area contributed by atoms with Crippen molar-refractivity contribution in [2.45, 2.75) is 50.1 Å². The minimum atomic E-state index is -5.35. The number of para-hydroxylation sites is 1. The zero-order valence-corrected chi connectivity index (χ0v) is 22.9. The Morgan fingerprint density at radius 2 is 1.50 bits per heavy atom. The molecule has 1 atom stereocenters. The van der Waals surface area contributed by atoms with Crippen molar-refractivity contribution in [1.82, 2.24) is 9.78 Å². The molecule has 12 heteroatoms. The number of allylic oxidation sites excluding steroid dienone is 1. The highest BCUT2D eigenvalue weighted by atomic mass is 32.2. The molecule has 0 saturated carbocycles. The maximum Gasteiger partial charge on any atom is 0.411 e. The number of Topliss-reactive ketones (excluding diaryl/α,β-unsaturated/α-hetero) is 1. The van der Waals surface area contributed by atoms with Crippen LogP contribution in [0.25, 0.3) is 5.69 Å². The molecule has 40 heavy (non-hydrogen) atoms. The van der Waals surface area contributed by atoms with Crippen LogP contribution in [0.4, 0.5) is 18.9 Å². The topological polar surface area (TPSA) is 109 Å². The summed E-state index contributed by atoms with van der Waals surface area (Å²) in [5.41, 5.74) is -7.17. The van der Waals surface area contributed by atoms with Gasteiger partial charge in [-0.2, -0.15) is 13.2 Å². The summed E-state index contributed by atoms with van der Waals surface area (Å²) in [5.74, 6) is -2.29. The third-order valence-electron chi connectivity index (χ3n) is 7.43. The van der Waals surface area contributed by atoms with Crippen LogP contribution >= 0.6 is 0 Å². The van der Waals surface area contributed by atoms with Gasteiger partial charge in [-0.1, -0.05) is 32.0 Å². The van der Waals surface area contributed by atoms with E-state index >= 15 is 13.2 Å². The molecule has 1 unspecified atom stereocenters. The van der Waals surface area contributed by atoms with Crippen molar-refractivity contribution in [2.75, 3.05) is 11.2 Å². The number of nitrogens with zero attached hydrogens (tertiary/aromatic N) is 2. The van der Waals surface area contributed by atoms with E-state index in [1.807, 2.05) is 0 Å². The molecule has 210 valence electrons. The van der Waals surface area contributed by atoms with Crippen LogP contribution in [-0.4, -0.2) is 42.3 Å². The number of carbonyl (C=O) groups is 2. The van der Waals surface area contributed by atoms with Gasteiger partial charge in [0, 0.05) is 35.3 Å². The number of carbonyl (C=O) groups excluding carboxylic acids is 2. The van der Waals surface area contributed by atoms with Crippen molar-refractivity contribution in [1.29, 1.82) is 0 Å². The molecule has 1 amide bonds. The van der Waals surface area contributed by atoms with Crippen molar-refractivity contribution in [3.05, 3.63) is 87.5 Å². The van der Waals surface area contributed by atoms with E-state index in [2.05, 4.69) is 5.10 Å². The standard InChI is InChI=1S/C28H26F3N3O5S/c1-16-22(24(36)34(32-16)18-10-12-19(13-11-18)40(4,38)39)27(28(29,30)31)23-20(14-26(2,3)15-21(23)35)33(25(27)37)17-8-6-5-7-9-17/h5-13,32H,14-15H2,1-4H3. The Hall–Kier alpha value is -3.93. The predicted octanol–water partition coefficient (Wildman–Crippen LogP) is 4.37. The van der Waals surface area contributed by atoms with Crippen molar-refractivity contribution in [3.8, 4) is 5.69 Å². The summed E-state index contributed by atoms with van der Waals surface area (Å²) in [6.07, 6.45) is -4.58. The number of halogens is 3. The highest BCUT2D eigenvalue weighted by molar-refractivity contribution is 7.90. The van der Waals surface area contributed by atoms with Crippen LogP contribution in [0.1, 0.15) is 37.9 Å². The lowest BCUT2D eigenvalue weighted by Gasteiger charge is -2.35. The fourth-order valence-corrected chi connectivity index (χ4v) is 6.43. The Morgan fingerprint density at radius 3 is 2.05 bits per heavy atom. The van der Waals surface area contributed by atoms with Crippen molar-refractivity contribution >= 4 is 27.2 Å². The molecule has 2 heterocycles. The van der Waals surface area contributed by atoms with E-state index in [1.54, 1.807) is 32.0 Å². The predicted molar refractivity (Wildman–Crippen MR) is 141 cm³/mol. The number of ketones is 1. The molecule has 3 aromatic rings. The molecule has 2 aromatic carbocycles. The van der Waals surface area contributed by atoms with E-state index in [0.29, 0.717) is 0 Å². The minimum Gasteiger partial charge on any atom is -0.295 e. The van der Waals surface area contributed by atoms with Crippen LogP contribution in [0, 0.1) is 12.3 Å². The van der Waals surface area contributed by atoms with Crippen LogP contribution < -0.4 is 10.5 Å². The van der Waals surface area contributed by atoms with Crippen molar-refractivity contribution in [2.24, 2.45) is 5.41 Å². The Kier molecular flexibility index (Phi) is 6.07. The first-order valence-electron chi connectivity index (χ1n) is 12.4. The summed E-state index contributed by atoms with van der Waals surface area (Å²) in [6.45, 7) is 4.72. The molecule has 1 N–H and O–H groups in total. The molecule has 2 aliphatic rings. The molecule has 0 fully saturated rings. The lowest BCUT2D eigenvalue weighted by molar-refractivity contribution is -0.184. The fourth-order valence-electron chi connectivity index (χ4n) is 5.80. The largest absolute Gasteiger partial charge is 0.411 e. The van der Waals surface area contributed by atoms with Gasteiger partial charge in [-0.3, -0.25) is 24.4 Å². The van der Waals surface area contributed by atoms with Crippen molar-refractivity contribution in [3.63, 3.8) is 0 Å². The van der Waals surface area contributed by atoms with Crippen LogP contribution in [0.2, 0.25) is 0 Å². The summed E-state index contributed by atoms with van der Waals surface area (Å²) in [4.78, 5) is 42.5. The summed E-state index contributed by atoms with van der Waals surface area (Å²) < 4.78 is 70.9. The number of alkyl halides is 3. The Labute approximate surface area is 228 Å². The molecule has 0 saturated heterocycles. The normalized spacial score (nSPS) is 21.2. The minimum absolute atomic E-state index is 0.0111. The number of anilines is 1. The molecule has 0 spiro atoms. The second-order valence-electron chi connectivity index (χ2n) is 11.0. The van der Waals surface area contributed by atoms with E-state index < -0.39 is 55.2 Å². The van der Waals surface area contributed by atoms with Gasteiger partial charge >= 0.3 is 6.18 Å². The number of H-pyrrole nitrogens is 1. The molecule has 5 rings (SSSR count). The highest BCUT2D eigenvalue weighted by Gasteiger charge is 2.73. The second-order valence-corrected chi connectivity index (χ2v) is 13.0. The highest BCUT2D eigenvalue weighted by Crippen LogP contribution is 2.58. The average molecular weight is 574 g/mol. The molecular weight excluding hydrogens is 547 g/mol. The monoisotopic (exact) mass is 573 g/mol. The second kappa shape index (κ2) is 8.79. The van der Waals surface area contributed by atoms with Gasteiger partial charge in [0.25, 0.3) is 11.5 Å². The molecule has 0 bridgehead atoms. The zero-order valence-electron chi connectivity index (χ0n) is 22.1. The van der Waals surface area contributed by atoms with E-state index in [-0.39, 0.29) is 40.5 Å². The molecule has 8 nitrogen and oxygen atoms in total. The quantitative estimate of drug-likeness (QED) is 0.499. The first-order chi connectivity index (χ1) is 18.5.